The number of anilines is 2. The summed E-state index contributed by atoms with van der Waals surface area (Å²) in [7, 11) is 0. The van der Waals surface area contributed by atoms with Gasteiger partial charge in [0.05, 0.1) is 6.61 Å². The number of nitrogens with one attached hydrogen (secondary N) is 1. The van der Waals surface area contributed by atoms with Crippen molar-refractivity contribution >= 4 is 11.6 Å². The van der Waals surface area contributed by atoms with Crippen LogP contribution in [0.1, 0.15) is 24.6 Å². The lowest BCUT2D eigenvalue weighted by atomic mass is 10.2. The van der Waals surface area contributed by atoms with Gasteiger partial charge in [0.2, 0.25) is 11.8 Å². The Morgan fingerprint density at radius 1 is 1.25 bits per heavy atom. The molecule has 0 spiro atoms. The van der Waals surface area contributed by atoms with Crippen molar-refractivity contribution in [2.24, 2.45) is 5.73 Å². The normalized spacial score (nSPS) is 10.3. The van der Waals surface area contributed by atoms with Crippen molar-refractivity contribution in [1.82, 2.24) is 9.97 Å². The maximum Gasteiger partial charge on any atom is 0.230 e. The number of aryl methyl sites for hydroxylation is 1. The van der Waals surface area contributed by atoms with Crippen molar-refractivity contribution < 1.29 is 4.74 Å². The fraction of sp³-hybridized carbons (Fsp3) is 0.333. The molecule has 2 aromatic rings. The average molecular weight is 272 g/mol. The standard InChI is InChI=1S/C15H20N4O/c1-3-8-20-14-9-11(2)17-15(19-14)18-13-7-5-4-6-12(13)10-16/h4-7,9H,3,8,10,16H2,1-2H3,(H,17,18,19). The van der Waals surface area contributed by atoms with Gasteiger partial charge in [0.25, 0.3) is 0 Å². The molecule has 0 saturated heterocycles. The maximum absolute atomic E-state index is 5.72. The predicted molar refractivity (Wildman–Crippen MR) is 80.2 cm³/mol. The van der Waals surface area contributed by atoms with E-state index in [1.165, 1.54) is 0 Å². The highest BCUT2D eigenvalue weighted by Gasteiger charge is 2.06. The number of nitrogens with two attached hydrogens (primary N) is 1. The number of benzene rings is 1. The van der Waals surface area contributed by atoms with Gasteiger partial charge in [0, 0.05) is 24.0 Å². The fourth-order valence-electron chi connectivity index (χ4n) is 1.82. The lowest BCUT2D eigenvalue weighted by molar-refractivity contribution is 0.305. The average Bonchev–Trinajstić information content (AvgIpc) is 2.45. The minimum Gasteiger partial charge on any atom is -0.478 e. The van der Waals surface area contributed by atoms with Crippen LogP contribution in [0.4, 0.5) is 11.6 Å². The molecular formula is C15H20N4O. The van der Waals surface area contributed by atoms with Crippen LogP contribution in [0.3, 0.4) is 0 Å². The first-order chi connectivity index (χ1) is 9.72. The van der Waals surface area contributed by atoms with Crippen LogP contribution in [0, 0.1) is 6.92 Å². The second-order valence-electron chi connectivity index (χ2n) is 4.51. The van der Waals surface area contributed by atoms with E-state index in [-0.39, 0.29) is 0 Å². The largest absolute Gasteiger partial charge is 0.478 e. The number of nitrogens with zero attached hydrogens (tertiary/aromatic N) is 2. The minimum atomic E-state index is 0.466. The van der Waals surface area contributed by atoms with Crippen molar-refractivity contribution in [3.05, 3.63) is 41.6 Å². The Labute approximate surface area is 119 Å². The van der Waals surface area contributed by atoms with E-state index in [4.69, 9.17) is 10.5 Å². The number of para-hydroxylation sites is 1. The van der Waals surface area contributed by atoms with E-state index in [1.807, 2.05) is 37.3 Å². The summed E-state index contributed by atoms with van der Waals surface area (Å²) < 4.78 is 5.56. The Bertz CT molecular complexity index is 572. The zero-order valence-corrected chi connectivity index (χ0v) is 11.9. The first kappa shape index (κ1) is 14.3. The van der Waals surface area contributed by atoms with Crippen molar-refractivity contribution in [2.75, 3.05) is 11.9 Å². The van der Waals surface area contributed by atoms with Crippen LogP contribution < -0.4 is 15.8 Å². The molecular weight excluding hydrogens is 252 g/mol. The molecule has 0 aliphatic rings. The summed E-state index contributed by atoms with van der Waals surface area (Å²) >= 11 is 0. The first-order valence-electron chi connectivity index (χ1n) is 6.76. The van der Waals surface area contributed by atoms with Gasteiger partial charge in [0.15, 0.2) is 0 Å². The number of aromatic nitrogens is 2. The van der Waals surface area contributed by atoms with E-state index in [0.717, 1.165) is 23.4 Å². The van der Waals surface area contributed by atoms with E-state index in [0.29, 0.717) is 25.0 Å². The van der Waals surface area contributed by atoms with Crippen LogP contribution in [0.5, 0.6) is 5.88 Å². The Morgan fingerprint density at radius 2 is 2.05 bits per heavy atom. The molecule has 5 nitrogen and oxygen atoms in total. The zero-order chi connectivity index (χ0) is 14.4. The van der Waals surface area contributed by atoms with Crippen molar-refractivity contribution in [3.8, 4) is 5.88 Å². The van der Waals surface area contributed by atoms with Crippen molar-refractivity contribution in [2.45, 2.75) is 26.8 Å². The van der Waals surface area contributed by atoms with E-state index in [1.54, 1.807) is 0 Å². The highest BCUT2D eigenvalue weighted by molar-refractivity contribution is 5.58. The van der Waals surface area contributed by atoms with Gasteiger partial charge in [-0.25, -0.2) is 4.98 Å². The SMILES string of the molecule is CCCOc1cc(C)nc(Nc2ccccc2CN)n1. The van der Waals surface area contributed by atoms with Gasteiger partial charge in [0.1, 0.15) is 0 Å². The first-order valence-corrected chi connectivity index (χ1v) is 6.76. The summed E-state index contributed by atoms with van der Waals surface area (Å²) in [5.74, 6) is 1.11. The van der Waals surface area contributed by atoms with E-state index in [9.17, 15) is 0 Å². The smallest absolute Gasteiger partial charge is 0.230 e. The summed E-state index contributed by atoms with van der Waals surface area (Å²) in [6.07, 6.45) is 0.946. The van der Waals surface area contributed by atoms with Gasteiger partial charge in [-0.15, -0.1) is 0 Å². The van der Waals surface area contributed by atoms with Gasteiger partial charge in [-0.3, -0.25) is 0 Å². The molecule has 0 fully saturated rings. The minimum absolute atomic E-state index is 0.466. The molecule has 0 atom stereocenters. The Kier molecular flexibility index (Phi) is 4.90. The monoisotopic (exact) mass is 272 g/mol. The summed E-state index contributed by atoms with van der Waals surface area (Å²) in [6.45, 7) is 5.09. The lowest BCUT2D eigenvalue weighted by Gasteiger charge is -2.11. The third-order valence-corrected chi connectivity index (χ3v) is 2.77. The highest BCUT2D eigenvalue weighted by Crippen LogP contribution is 2.20. The van der Waals surface area contributed by atoms with Crippen LogP contribution in [-0.2, 0) is 6.54 Å². The van der Waals surface area contributed by atoms with Gasteiger partial charge >= 0.3 is 0 Å². The topological polar surface area (TPSA) is 73.1 Å². The number of rotatable bonds is 6. The summed E-state index contributed by atoms with van der Waals surface area (Å²) in [5.41, 5.74) is 8.52. The molecule has 3 N–H and O–H groups in total. The summed E-state index contributed by atoms with van der Waals surface area (Å²) in [4.78, 5) is 8.73. The molecule has 1 aromatic heterocycles. The Balaban J connectivity index is 2.22. The van der Waals surface area contributed by atoms with E-state index < -0.39 is 0 Å². The molecule has 2 rings (SSSR count). The molecule has 1 aromatic carbocycles. The molecule has 0 aliphatic carbocycles. The van der Waals surface area contributed by atoms with Crippen LogP contribution in [0.2, 0.25) is 0 Å². The molecule has 0 bridgehead atoms. The fourth-order valence-corrected chi connectivity index (χ4v) is 1.82. The number of hydrogen-bond donors (Lipinski definition) is 2. The molecule has 5 heteroatoms. The molecule has 0 amide bonds. The van der Waals surface area contributed by atoms with Gasteiger partial charge in [-0.1, -0.05) is 25.1 Å². The molecule has 0 unspecified atom stereocenters. The third-order valence-electron chi connectivity index (χ3n) is 2.77. The summed E-state index contributed by atoms with van der Waals surface area (Å²) in [5, 5.41) is 3.20. The van der Waals surface area contributed by atoms with Crippen LogP contribution in [-0.4, -0.2) is 16.6 Å². The Hall–Kier alpha value is -2.14. The second kappa shape index (κ2) is 6.86. The third kappa shape index (κ3) is 3.68. The Morgan fingerprint density at radius 3 is 2.80 bits per heavy atom. The highest BCUT2D eigenvalue weighted by atomic mass is 16.5. The second-order valence-corrected chi connectivity index (χ2v) is 4.51. The quantitative estimate of drug-likeness (QED) is 0.846. The predicted octanol–water partition coefficient (Wildman–Crippen LogP) is 2.78. The number of ether oxygens (including phenoxy) is 1. The van der Waals surface area contributed by atoms with Crippen molar-refractivity contribution in [1.29, 1.82) is 0 Å². The van der Waals surface area contributed by atoms with Crippen LogP contribution >= 0.6 is 0 Å². The molecule has 0 saturated carbocycles. The molecule has 106 valence electrons. The molecule has 20 heavy (non-hydrogen) atoms. The number of hydrogen-bond acceptors (Lipinski definition) is 5. The lowest BCUT2D eigenvalue weighted by Crippen LogP contribution is -2.06. The van der Waals surface area contributed by atoms with Crippen molar-refractivity contribution in [3.63, 3.8) is 0 Å². The van der Waals surface area contributed by atoms with Gasteiger partial charge < -0.3 is 15.8 Å². The molecule has 0 aliphatic heterocycles. The van der Waals surface area contributed by atoms with Crippen LogP contribution in [0.15, 0.2) is 30.3 Å². The zero-order valence-electron chi connectivity index (χ0n) is 11.9. The molecule has 0 radical (unpaired) electrons. The maximum atomic E-state index is 5.72. The van der Waals surface area contributed by atoms with Gasteiger partial charge in [-0.2, -0.15) is 4.98 Å². The molecule has 1 heterocycles. The van der Waals surface area contributed by atoms with E-state index in [2.05, 4.69) is 22.2 Å². The van der Waals surface area contributed by atoms with Crippen LogP contribution in [0.25, 0.3) is 0 Å². The van der Waals surface area contributed by atoms with Gasteiger partial charge in [-0.05, 0) is 25.0 Å². The van der Waals surface area contributed by atoms with E-state index >= 15 is 0 Å². The summed E-state index contributed by atoms with van der Waals surface area (Å²) in [6, 6.07) is 9.68.